The Bertz CT molecular complexity index is 958. The predicted octanol–water partition coefficient (Wildman–Crippen LogP) is 3.27. The van der Waals surface area contributed by atoms with Crippen LogP contribution in [-0.4, -0.2) is 71.6 Å². The van der Waals surface area contributed by atoms with Gasteiger partial charge >= 0.3 is 6.09 Å². The highest BCUT2D eigenvalue weighted by Gasteiger charge is 2.49. The second-order valence-electron chi connectivity index (χ2n) is 10.3. The Labute approximate surface area is 195 Å². The van der Waals surface area contributed by atoms with E-state index in [1.807, 2.05) is 11.8 Å². The van der Waals surface area contributed by atoms with Crippen molar-refractivity contribution in [2.75, 3.05) is 6.26 Å². The van der Waals surface area contributed by atoms with Crippen molar-refractivity contribution in [3.63, 3.8) is 0 Å². The Morgan fingerprint density at radius 2 is 1.61 bits per heavy atom. The number of hydrogen-bond acceptors (Lipinski definition) is 8. The molecule has 0 N–H and O–H groups in total. The molecule has 1 unspecified atom stereocenters. The molecule has 3 heterocycles. The fraction of sp³-hybridized carbons (Fsp3) is 0.783. The number of amides is 1. The van der Waals surface area contributed by atoms with Crippen molar-refractivity contribution in [1.29, 1.82) is 0 Å². The van der Waals surface area contributed by atoms with Crippen LogP contribution in [0.1, 0.15) is 71.1 Å². The number of fused-ring (bicyclic) bond motifs is 2. The van der Waals surface area contributed by atoms with Gasteiger partial charge in [0.25, 0.3) is 0 Å². The van der Waals surface area contributed by atoms with E-state index < -0.39 is 9.84 Å². The van der Waals surface area contributed by atoms with Gasteiger partial charge in [-0.05, 0) is 71.1 Å². The SMILES string of the molecule is CC1(OC(=O)N2[C@@H]3CC[C@H]2CC(OC2CCC(Oc4cnc(S(C)(=O)=O)cn4)CC2)C3)CC1. The molecule has 1 aromatic rings. The second-order valence-corrected chi connectivity index (χ2v) is 12.3. The highest BCUT2D eigenvalue weighted by atomic mass is 32.2. The Morgan fingerprint density at radius 1 is 0.970 bits per heavy atom. The minimum absolute atomic E-state index is 0.0276. The van der Waals surface area contributed by atoms with Crippen LogP contribution in [0.5, 0.6) is 5.88 Å². The molecule has 4 aliphatic rings. The largest absolute Gasteiger partial charge is 0.473 e. The molecule has 5 rings (SSSR count). The fourth-order valence-corrected chi connectivity index (χ4v) is 5.85. The smallest absolute Gasteiger partial charge is 0.410 e. The van der Waals surface area contributed by atoms with E-state index in [0.29, 0.717) is 5.88 Å². The van der Waals surface area contributed by atoms with Crippen LogP contribution in [0.4, 0.5) is 4.79 Å². The van der Waals surface area contributed by atoms with Crippen molar-refractivity contribution in [3.8, 4) is 5.88 Å². The van der Waals surface area contributed by atoms with Crippen LogP contribution < -0.4 is 4.74 Å². The number of aromatic nitrogens is 2. The lowest BCUT2D eigenvalue weighted by atomic mass is 9.93. The highest BCUT2D eigenvalue weighted by Crippen LogP contribution is 2.43. The number of carbonyl (C=O) groups excluding carboxylic acids is 1. The van der Waals surface area contributed by atoms with Gasteiger partial charge in [-0.15, -0.1) is 0 Å². The van der Waals surface area contributed by atoms with Crippen LogP contribution in [0, 0.1) is 0 Å². The third kappa shape index (κ3) is 5.26. The molecule has 2 saturated carbocycles. The molecule has 4 fully saturated rings. The van der Waals surface area contributed by atoms with Crippen molar-refractivity contribution in [2.45, 2.75) is 112 Å². The van der Waals surface area contributed by atoms with Crippen molar-refractivity contribution >= 4 is 15.9 Å². The first kappa shape index (κ1) is 22.8. The zero-order chi connectivity index (χ0) is 23.2. The van der Waals surface area contributed by atoms with Crippen LogP contribution in [0.2, 0.25) is 0 Å². The van der Waals surface area contributed by atoms with Crippen molar-refractivity contribution in [2.24, 2.45) is 0 Å². The maximum atomic E-state index is 12.7. The average Bonchev–Trinajstić information content (AvgIpc) is 3.42. The monoisotopic (exact) mass is 479 g/mol. The molecule has 0 aromatic carbocycles. The number of ether oxygens (including phenoxy) is 3. The summed E-state index contributed by atoms with van der Waals surface area (Å²) in [6.07, 6.45) is 13.3. The molecule has 9 nitrogen and oxygen atoms in total. The summed E-state index contributed by atoms with van der Waals surface area (Å²) in [6.45, 7) is 2.01. The third-order valence-electron chi connectivity index (χ3n) is 7.47. The third-order valence-corrected chi connectivity index (χ3v) is 8.44. The predicted molar refractivity (Wildman–Crippen MR) is 119 cm³/mol. The molecular formula is C23H33N3O6S. The van der Waals surface area contributed by atoms with E-state index in [1.54, 1.807) is 0 Å². The van der Waals surface area contributed by atoms with Crippen LogP contribution >= 0.6 is 0 Å². The Hall–Kier alpha value is -1.94. The van der Waals surface area contributed by atoms with E-state index in [4.69, 9.17) is 14.2 Å². The van der Waals surface area contributed by atoms with E-state index in [2.05, 4.69) is 9.97 Å². The first-order valence-electron chi connectivity index (χ1n) is 12.0. The van der Waals surface area contributed by atoms with Gasteiger partial charge in [0, 0.05) is 18.3 Å². The fourth-order valence-electron chi connectivity index (χ4n) is 5.36. The molecule has 1 aromatic heterocycles. The van der Waals surface area contributed by atoms with Crippen LogP contribution in [0.15, 0.2) is 17.4 Å². The molecule has 1 amide bonds. The van der Waals surface area contributed by atoms with Gasteiger partial charge in [0.15, 0.2) is 14.9 Å². The van der Waals surface area contributed by atoms with Crippen molar-refractivity contribution < 1.29 is 27.4 Å². The molecule has 3 atom stereocenters. The first-order chi connectivity index (χ1) is 15.7. The lowest BCUT2D eigenvalue weighted by Crippen LogP contribution is -2.50. The van der Waals surface area contributed by atoms with Crippen LogP contribution in [0.25, 0.3) is 0 Å². The van der Waals surface area contributed by atoms with Gasteiger partial charge < -0.3 is 19.1 Å². The van der Waals surface area contributed by atoms with E-state index in [9.17, 15) is 13.2 Å². The molecular weight excluding hydrogens is 446 g/mol. The highest BCUT2D eigenvalue weighted by molar-refractivity contribution is 7.90. The van der Waals surface area contributed by atoms with Gasteiger partial charge in [-0.3, -0.25) is 0 Å². The zero-order valence-electron chi connectivity index (χ0n) is 19.3. The number of carbonyl (C=O) groups is 1. The molecule has 2 aliphatic heterocycles. The summed E-state index contributed by atoms with van der Waals surface area (Å²) in [4.78, 5) is 22.7. The van der Waals surface area contributed by atoms with Crippen molar-refractivity contribution in [3.05, 3.63) is 12.4 Å². The number of piperidine rings is 1. The maximum Gasteiger partial charge on any atom is 0.410 e. The minimum Gasteiger partial charge on any atom is -0.473 e. The van der Waals surface area contributed by atoms with Crippen LogP contribution in [0.3, 0.4) is 0 Å². The molecule has 2 aliphatic carbocycles. The quantitative estimate of drug-likeness (QED) is 0.612. The molecule has 0 radical (unpaired) electrons. The lowest BCUT2D eigenvalue weighted by Gasteiger charge is -2.40. The molecule has 10 heteroatoms. The summed E-state index contributed by atoms with van der Waals surface area (Å²) in [5, 5.41) is -0.0537. The number of sulfone groups is 1. The number of nitrogens with zero attached hydrogens (tertiary/aromatic N) is 3. The second kappa shape index (κ2) is 8.69. The summed E-state index contributed by atoms with van der Waals surface area (Å²) in [5.41, 5.74) is -0.230. The zero-order valence-corrected chi connectivity index (χ0v) is 20.1. The average molecular weight is 480 g/mol. The first-order valence-corrected chi connectivity index (χ1v) is 13.9. The van der Waals surface area contributed by atoms with Gasteiger partial charge in [-0.1, -0.05) is 0 Å². The minimum atomic E-state index is -3.37. The number of rotatable bonds is 6. The lowest BCUT2D eigenvalue weighted by molar-refractivity contribution is -0.0797. The summed E-state index contributed by atoms with van der Waals surface area (Å²) in [6, 6.07) is 0.466. The van der Waals surface area contributed by atoms with E-state index in [-0.39, 0.29) is 47.1 Å². The summed E-state index contributed by atoms with van der Waals surface area (Å²) in [7, 11) is -3.37. The standard InChI is InChI=1S/C23H33N3O6S/c1-23(9-10-23)32-22(27)26-15-3-4-16(26)12-19(11-15)30-17-5-7-18(8-6-17)31-20-13-25-21(14-24-20)33(2,28)29/h13-19H,3-12H2,1-2H3/t15-,16+,17?,18?,19?. The summed E-state index contributed by atoms with van der Waals surface area (Å²) < 4.78 is 41.1. The topological polar surface area (TPSA) is 108 Å². The number of hydrogen-bond donors (Lipinski definition) is 0. The van der Waals surface area contributed by atoms with E-state index >= 15 is 0 Å². The molecule has 2 saturated heterocycles. The molecule has 0 spiro atoms. The summed E-state index contributed by atoms with van der Waals surface area (Å²) >= 11 is 0. The molecule has 2 bridgehead atoms. The summed E-state index contributed by atoms with van der Waals surface area (Å²) in [5.74, 6) is 0.350. The molecule has 182 valence electrons. The van der Waals surface area contributed by atoms with E-state index in [0.717, 1.165) is 70.5 Å². The Balaban J connectivity index is 1.07. The van der Waals surface area contributed by atoms with E-state index in [1.165, 1.54) is 12.4 Å². The van der Waals surface area contributed by atoms with Gasteiger partial charge in [-0.2, -0.15) is 0 Å². The van der Waals surface area contributed by atoms with Crippen LogP contribution in [-0.2, 0) is 19.3 Å². The van der Waals surface area contributed by atoms with Gasteiger partial charge in [0.05, 0.1) is 24.6 Å². The Morgan fingerprint density at radius 3 is 2.15 bits per heavy atom. The van der Waals surface area contributed by atoms with Gasteiger partial charge in [0.1, 0.15) is 11.7 Å². The normalized spacial score (nSPS) is 32.9. The van der Waals surface area contributed by atoms with Gasteiger partial charge in [-0.25, -0.2) is 23.2 Å². The Kier molecular flexibility index (Phi) is 6.01. The maximum absolute atomic E-state index is 12.7. The van der Waals surface area contributed by atoms with Crippen molar-refractivity contribution in [1.82, 2.24) is 14.9 Å². The molecule has 33 heavy (non-hydrogen) atoms. The van der Waals surface area contributed by atoms with Gasteiger partial charge in [0.2, 0.25) is 5.88 Å².